The standard InChI is InChI=1S/C7H11N5O2/c1-3-4-14-9-6(2)5-12-7(13)8-10-11-12/h3H,1,4-5H2,2H3,(H,8,11,13). The third-order valence-corrected chi connectivity index (χ3v) is 1.32. The monoisotopic (exact) mass is 197 g/mol. The highest BCUT2D eigenvalue weighted by atomic mass is 16.6. The van der Waals surface area contributed by atoms with Gasteiger partial charge in [0.25, 0.3) is 0 Å². The number of oxime groups is 1. The molecule has 1 aromatic rings. The molecule has 0 atom stereocenters. The van der Waals surface area contributed by atoms with Gasteiger partial charge in [0.15, 0.2) is 0 Å². The first-order chi connectivity index (χ1) is 6.74. The van der Waals surface area contributed by atoms with Gasteiger partial charge in [-0.1, -0.05) is 17.8 Å². The van der Waals surface area contributed by atoms with Gasteiger partial charge in [-0.25, -0.2) is 9.89 Å². The van der Waals surface area contributed by atoms with Crippen LogP contribution in [0.5, 0.6) is 0 Å². The van der Waals surface area contributed by atoms with Gasteiger partial charge in [-0.2, -0.15) is 4.68 Å². The van der Waals surface area contributed by atoms with Crippen molar-refractivity contribution in [1.29, 1.82) is 0 Å². The number of rotatable bonds is 5. The first kappa shape index (κ1) is 10.2. The summed E-state index contributed by atoms with van der Waals surface area (Å²) < 4.78 is 1.15. The maximum Gasteiger partial charge on any atom is 0.361 e. The van der Waals surface area contributed by atoms with Crippen molar-refractivity contribution in [1.82, 2.24) is 20.2 Å². The Bertz CT molecular complexity index is 377. The van der Waals surface area contributed by atoms with Crippen molar-refractivity contribution in [3.8, 4) is 0 Å². The van der Waals surface area contributed by atoms with Crippen molar-refractivity contribution in [3.05, 3.63) is 23.1 Å². The van der Waals surface area contributed by atoms with Gasteiger partial charge in [0.05, 0.1) is 12.3 Å². The maximum absolute atomic E-state index is 11.0. The summed E-state index contributed by atoms with van der Waals surface area (Å²) in [7, 11) is 0. The number of nitrogens with zero attached hydrogens (tertiary/aromatic N) is 4. The zero-order valence-corrected chi connectivity index (χ0v) is 7.80. The van der Waals surface area contributed by atoms with Crippen LogP contribution in [0.4, 0.5) is 0 Å². The van der Waals surface area contributed by atoms with E-state index in [1.165, 1.54) is 0 Å². The Hall–Kier alpha value is -1.92. The molecule has 0 radical (unpaired) electrons. The van der Waals surface area contributed by atoms with E-state index in [-0.39, 0.29) is 12.2 Å². The molecule has 0 saturated carbocycles. The van der Waals surface area contributed by atoms with Gasteiger partial charge >= 0.3 is 5.69 Å². The molecule has 1 N–H and O–H groups in total. The molecule has 0 aliphatic rings. The van der Waals surface area contributed by atoms with E-state index >= 15 is 0 Å². The Morgan fingerprint density at radius 1 is 1.86 bits per heavy atom. The average Bonchev–Trinajstić information content (AvgIpc) is 2.52. The van der Waals surface area contributed by atoms with E-state index in [9.17, 15) is 4.79 Å². The van der Waals surface area contributed by atoms with Gasteiger partial charge in [-0.15, -0.1) is 0 Å². The van der Waals surface area contributed by atoms with Crippen LogP contribution in [0, 0.1) is 0 Å². The highest BCUT2D eigenvalue weighted by Gasteiger charge is 2.00. The minimum atomic E-state index is -0.372. The van der Waals surface area contributed by atoms with Crippen molar-refractivity contribution in [2.45, 2.75) is 13.5 Å². The summed E-state index contributed by atoms with van der Waals surface area (Å²) in [6.07, 6.45) is 1.58. The molecule has 0 aromatic carbocycles. The SMILES string of the molecule is C=CCON=C(C)Cn1nn[nH]c1=O. The average molecular weight is 197 g/mol. The first-order valence-electron chi connectivity index (χ1n) is 3.98. The smallest absolute Gasteiger partial charge is 0.361 e. The summed E-state index contributed by atoms with van der Waals surface area (Å²) >= 11 is 0. The molecule has 0 aliphatic heterocycles. The topological polar surface area (TPSA) is 85.2 Å². The quantitative estimate of drug-likeness (QED) is 0.299. The number of H-pyrrole nitrogens is 1. The lowest BCUT2D eigenvalue weighted by molar-refractivity contribution is 0.173. The molecular weight excluding hydrogens is 186 g/mol. The molecule has 1 aromatic heterocycles. The van der Waals surface area contributed by atoms with E-state index in [1.807, 2.05) is 0 Å². The molecule has 0 saturated heterocycles. The fourth-order valence-electron chi connectivity index (χ4n) is 0.767. The number of tetrazole rings is 1. The summed E-state index contributed by atoms with van der Waals surface area (Å²) in [5, 5.41) is 12.8. The number of hydrogen-bond acceptors (Lipinski definition) is 5. The minimum absolute atomic E-state index is 0.256. The van der Waals surface area contributed by atoms with Crippen LogP contribution in [0.15, 0.2) is 22.6 Å². The zero-order chi connectivity index (χ0) is 10.4. The van der Waals surface area contributed by atoms with Crippen molar-refractivity contribution < 1.29 is 4.84 Å². The second-order valence-corrected chi connectivity index (χ2v) is 2.58. The number of hydrogen-bond donors (Lipinski definition) is 1. The minimum Gasteiger partial charge on any atom is -0.392 e. The lowest BCUT2D eigenvalue weighted by Crippen LogP contribution is -2.21. The number of aromatic nitrogens is 4. The summed E-state index contributed by atoms with van der Waals surface area (Å²) in [6.45, 7) is 5.79. The Morgan fingerprint density at radius 3 is 3.21 bits per heavy atom. The molecule has 0 fully saturated rings. The third kappa shape index (κ3) is 2.85. The van der Waals surface area contributed by atoms with E-state index in [2.05, 4.69) is 27.3 Å². The molecule has 1 heterocycles. The number of aromatic amines is 1. The molecule has 76 valence electrons. The van der Waals surface area contributed by atoms with Gasteiger partial charge in [0.1, 0.15) is 6.61 Å². The molecule has 0 spiro atoms. The first-order valence-corrected chi connectivity index (χ1v) is 3.98. The molecule has 1 rings (SSSR count). The van der Waals surface area contributed by atoms with Gasteiger partial charge in [-0.05, 0) is 17.4 Å². The normalized spacial score (nSPS) is 11.4. The largest absolute Gasteiger partial charge is 0.392 e. The van der Waals surface area contributed by atoms with Crippen molar-refractivity contribution in [3.63, 3.8) is 0 Å². The third-order valence-electron chi connectivity index (χ3n) is 1.32. The summed E-state index contributed by atoms with van der Waals surface area (Å²) in [5.41, 5.74) is 0.256. The van der Waals surface area contributed by atoms with Crippen LogP contribution in [0.2, 0.25) is 0 Å². The molecule has 0 unspecified atom stereocenters. The summed E-state index contributed by atoms with van der Waals surface area (Å²) in [5.74, 6) is 0. The van der Waals surface area contributed by atoms with Crippen LogP contribution < -0.4 is 5.69 Å². The van der Waals surface area contributed by atoms with Gasteiger partial charge < -0.3 is 4.84 Å². The lowest BCUT2D eigenvalue weighted by atomic mass is 10.4. The van der Waals surface area contributed by atoms with E-state index < -0.39 is 0 Å². The molecule has 0 amide bonds. The molecule has 0 bridgehead atoms. The summed E-state index contributed by atoms with van der Waals surface area (Å²) in [4.78, 5) is 15.8. The van der Waals surface area contributed by atoms with E-state index in [0.29, 0.717) is 12.3 Å². The van der Waals surface area contributed by atoms with Crippen LogP contribution in [-0.4, -0.2) is 32.5 Å². The van der Waals surface area contributed by atoms with Crippen molar-refractivity contribution in [2.24, 2.45) is 5.16 Å². The van der Waals surface area contributed by atoms with Crippen LogP contribution in [0.3, 0.4) is 0 Å². The predicted molar refractivity (Wildman–Crippen MR) is 49.9 cm³/mol. The van der Waals surface area contributed by atoms with Gasteiger partial charge in [-0.3, -0.25) is 0 Å². The Balaban J connectivity index is 2.52. The maximum atomic E-state index is 11.0. The number of nitrogens with one attached hydrogen (secondary N) is 1. The molecular formula is C7H11N5O2. The molecule has 14 heavy (non-hydrogen) atoms. The van der Waals surface area contributed by atoms with E-state index in [4.69, 9.17) is 4.84 Å². The fraction of sp³-hybridized carbons (Fsp3) is 0.429. The van der Waals surface area contributed by atoms with Gasteiger partial charge in [0.2, 0.25) is 0 Å². The Labute approximate surface area is 80.0 Å². The van der Waals surface area contributed by atoms with Crippen LogP contribution in [0.25, 0.3) is 0 Å². The predicted octanol–water partition coefficient (Wildman–Crippen LogP) is -0.455. The highest BCUT2D eigenvalue weighted by Crippen LogP contribution is 1.84. The Kier molecular flexibility index (Phi) is 3.59. The summed E-state index contributed by atoms with van der Waals surface area (Å²) in [6, 6.07) is 0. The van der Waals surface area contributed by atoms with Crippen LogP contribution in [0.1, 0.15) is 6.92 Å². The molecule has 0 aliphatic carbocycles. The Morgan fingerprint density at radius 2 is 2.64 bits per heavy atom. The van der Waals surface area contributed by atoms with Crippen molar-refractivity contribution in [2.75, 3.05) is 6.61 Å². The molecule has 7 nitrogen and oxygen atoms in total. The lowest BCUT2D eigenvalue weighted by Gasteiger charge is -1.98. The highest BCUT2D eigenvalue weighted by molar-refractivity contribution is 5.80. The van der Waals surface area contributed by atoms with Gasteiger partial charge in [0, 0.05) is 0 Å². The van der Waals surface area contributed by atoms with E-state index in [1.54, 1.807) is 13.0 Å². The zero-order valence-electron chi connectivity index (χ0n) is 7.80. The fourth-order valence-corrected chi connectivity index (χ4v) is 0.767. The van der Waals surface area contributed by atoms with E-state index in [0.717, 1.165) is 4.68 Å². The van der Waals surface area contributed by atoms with Crippen molar-refractivity contribution >= 4 is 5.71 Å². The second-order valence-electron chi connectivity index (χ2n) is 2.58. The molecule has 7 heteroatoms. The van der Waals surface area contributed by atoms with Crippen LogP contribution >= 0.6 is 0 Å². The van der Waals surface area contributed by atoms with Crippen LogP contribution in [-0.2, 0) is 11.4 Å². The second kappa shape index (κ2) is 4.95.